The van der Waals surface area contributed by atoms with E-state index in [1.807, 2.05) is 55.5 Å². The van der Waals surface area contributed by atoms with E-state index in [-0.39, 0.29) is 93.9 Å². The van der Waals surface area contributed by atoms with Gasteiger partial charge >= 0.3 is 7.12 Å². The Morgan fingerprint density at radius 2 is 1.41 bits per heavy atom. The second-order valence-electron chi connectivity index (χ2n) is 24.4. The van der Waals surface area contributed by atoms with Crippen molar-refractivity contribution in [1.29, 1.82) is 0 Å². The Kier molecular flexibility index (Phi) is 22.4. The van der Waals surface area contributed by atoms with Crippen LogP contribution >= 0.6 is 0 Å². The Balaban J connectivity index is 1.10. The third-order valence-electron chi connectivity index (χ3n) is 18.1. The van der Waals surface area contributed by atoms with E-state index in [1.165, 1.54) is 74.7 Å². The molecule has 0 aromatic heterocycles. The number of hydrogen-bond donors (Lipinski definition) is 4. The maximum Gasteiger partial charge on any atom is 0.461 e. The zero-order valence-electron chi connectivity index (χ0n) is 48.8. The van der Waals surface area contributed by atoms with E-state index in [9.17, 15) is 19.2 Å². The molecule has 3 aliphatic carbocycles. The smallest absolute Gasteiger partial charge is 0.461 e. The molecule has 3 aromatic rings. The molecular formula is C64H94BN5O9. The fraction of sp³-hybridized carbons (Fsp3) is 0.641. The first-order chi connectivity index (χ1) is 37.9. The predicted molar refractivity (Wildman–Crippen MR) is 313 cm³/mol. The number of fused-ring (bicyclic) bond motifs is 5. The molecule has 0 spiro atoms. The number of aryl methyl sites for hydroxylation is 1. The van der Waals surface area contributed by atoms with Gasteiger partial charge < -0.3 is 46.2 Å². The first kappa shape index (κ1) is 61.7. The summed E-state index contributed by atoms with van der Waals surface area (Å²) >= 11 is 0. The highest BCUT2D eigenvalue weighted by Gasteiger charge is 2.68. The van der Waals surface area contributed by atoms with Crippen LogP contribution in [0.2, 0.25) is 5.82 Å². The van der Waals surface area contributed by atoms with Crippen molar-refractivity contribution >= 4 is 36.3 Å². The van der Waals surface area contributed by atoms with Gasteiger partial charge in [-0.3, -0.25) is 24.0 Å². The fourth-order valence-corrected chi connectivity index (χ4v) is 13.2. The molecule has 2 amide bonds. The number of benzene rings is 3. The van der Waals surface area contributed by atoms with Crippen molar-refractivity contribution < 1.29 is 42.8 Å². The first-order valence-corrected chi connectivity index (χ1v) is 30.1. The summed E-state index contributed by atoms with van der Waals surface area (Å²) in [5.74, 6) is -1.83. The van der Waals surface area contributed by atoms with Gasteiger partial charge in [-0.25, -0.2) is 0 Å². The molecule has 6 bridgehead atoms. The number of carbonyl (C=O) groups is 5. The standard InChI is InChI=1S/C64H94BN5O9/c1-8-9-10-11-12-13-14-15-16-17-18-19-44-20-23-46(24-21-44)53(71)39-48(28-29-66)62(75)70(7)60-47-25-27-57(77-33-31-68)51(38-47)50-36-45(22-26-56(50)76-32-30-67)37-52(69-61(74)42(2)34-55(60)73)54(72)35-43(3)65-78-59-41-49-40-58(63(49,4)5)64(59,6)79-65/h20-27,36,38,42-43,48-49,52,58-60H,8-19,28-35,37,39-41,66-68H2,1-7H3,(H,69,74)/t42-,43-,48-,49+,52+,58+,59-,60+,64+/m1/s1. The number of nitrogens with one attached hydrogen (secondary N) is 1. The number of amides is 2. The number of Topliss-reactive ketones (excluding diaryl/α,β-unsaturated/α-hetero) is 3. The van der Waals surface area contributed by atoms with Crippen LogP contribution in [0.5, 0.6) is 11.5 Å². The average Bonchev–Trinajstić information content (AvgIpc) is 3.83. The third kappa shape index (κ3) is 15.2. The van der Waals surface area contributed by atoms with Crippen molar-refractivity contribution in [2.45, 2.75) is 193 Å². The van der Waals surface area contributed by atoms with E-state index in [2.05, 4.69) is 33.0 Å². The molecule has 2 aliphatic heterocycles. The van der Waals surface area contributed by atoms with Gasteiger partial charge in [-0.2, -0.15) is 0 Å². The maximum atomic E-state index is 15.0. The van der Waals surface area contributed by atoms with E-state index in [0.717, 1.165) is 31.2 Å². The van der Waals surface area contributed by atoms with Gasteiger partial charge in [-0.05, 0) is 116 Å². The summed E-state index contributed by atoms with van der Waals surface area (Å²) in [5.41, 5.74) is 21.9. The predicted octanol–water partition coefficient (Wildman–Crippen LogP) is 10.3. The normalized spacial score (nSPS) is 24.1. The molecule has 15 heteroatoms. The molecule has 4 fully saturated rings. The Bertz CT molecular complexity index is 2540. The van der Waals surface area contributed by atoms with E-state index in [0.29, 0.717) is 45.6 Å². The van der Waals surface area contributed by atoms with Crippen molar-refractivity contribution in [3.8, 4) is 22.6 Å². The lowest BCUT2D eigenvalue weighted by Crippen LogP contribution is -2.65. The molecule has 8 rings (SSSR count). The van der Waals surface area contributed by atoms with Crippen LogP contribution in [0.3, 0.4) is 0 Å². The van der Waals surface area contributed by atoms with Crippen LogP contribution in [0.25, 0.3) is 11.1 Å². The lowest BCUT2D eigenvalue weighted by atomic mass is 9.43. The topological polar surface area (TPSA) is 216 Å². The number of carbonyl (C=O) groups excluding carboxylic acids is 5. The molecule has 0 radical (unpaired) electrons. The zero-order valence-corrected chi connectivity index (χ0v) is 48.8. The van der Waals surface area contributed by atoms with Crippen molar-refractivity contribution in [2.24, 2.45) is 46.3 Å². The first-order valence-electron chi connectivity index (χ1n) is 30.1. The second kappa shape index (κ2) is 28.7. The number of rotatable bonds is 29. The summed E-state index contributed by atoms with van der Waals surface area (Å²) in [5, 5.41) is 3.05. The highest BCUT2D eigenvalue weighted by atomic mass is 16.7. The highest BCUT2D eigenvalue weighted by molar-refractivity contribution is 6.47. The molecular weight excluding hydrogens is 994 g/mol. The van der Waals surface area contributed by atoms with Crippen LogP contribution in [0.4, 0.5) is 0 Å². The fourth-order valence-electron chi connectivity index (χ4n) is 13.2. The van der Waals surface area contributed by atoms with Crippen molar-refractivity contribution in [3.05, 3.63) is 82.9 Å². The summed E-state index contributed by atoms with van der Waals surface area (Å²) in [6.07, 6.45) is 17.1. The number of nitrogens with two attached hydrogens (primary N) is 3. The summed E-state index contributed by atoms with van der Waals surface area (Å²) in [6.45, 7) is 13.7. The van der Waals surface area contributed by atoms with E-state index in [1.54, 1.807) is 26.1 Å². The average molecular weight is 1090 g/mol. The molecule has 14 nitrogen and oxygen atoms in total. The minimum Gasteiger partial charge on any atom is -0.492 e. The van der Waals surface area contributed by atoms with Crippen LogP contribution in [-0.4, -0.2) is 98.8 Å². The molecule has 3 aromatic carbocycles. The van der Waals surface area contributed by atoms with Crippen molar-refractivity contribution in [1.82, 2.24) is 10.2 Å². The molecule has 2 heterocycles. The number of ether oxygens (including phenoxy) is 2. The Morgan fingerprint density at radius 3 is 2.03 bits per heavy atom. The Labute approximate surface area is 472 Å². The molecule has 432 valence electrons. The molecule has 79 heavy (non-hydrogen) atoms. The highest BCUT2D eigenvalue weighted by Crippen LogP contribution is 2.66. The van der Waals surface area contributed by atoms with Crippen LogP contribution in [0, 0.1) is 29.1 Å². The van der Waals surface area contributed by atoms with Gasteiger partial charge in [-0.15, -0.1) is 0 Å². The van der Waals surface area contributed by atoms with Crippen LogP contribution < -0.4 is 32.0 Å². The van der Waals surface area contributed by atoms with Crippen molar-refractivity contribution in [2.75, 3.05) is 39.9 Å². The summed E-state index contributed by atoms with van der Waals surface area (Å²) in [6, 6.07) is 16.5. The monoisotopic (exact) mass is 1090 g/mol. The van der Waals surface area contributed by atoms with Crippen molar-refractivity contribution in [3.63, 3.8) is 0 Å². The lowest BCUT2D eigenvalue weighted by molar-refractivity contribution is -0.199. The maximum absolute atomic E-state index is 15.0. The van der Waals surface area contributed by atoms with Gasteiger partial charge in [0, 0.05) is 67.9 Å². The quantitative estimate of drug-likeness (QED) is 0.0290. The summed E-state index contributed by atoms with van der Waals surface area (Å²) in [4.78, 5) is 74.5. The van der Waals surface area contributed by atoms with Gasteiger partial charge in [0.15, 0.2) is 17.3 Å². The lowest BCUT2D eigenvalue weighted by Gasteiger charge is -2.64. The Hall–Kier alpha value is -4.93. The minimum absolute atomic E-state index is 0.0428. The van der Waals surface area contributed by atoms with Crippen LogP contribution in [0.1, 0.15) is 184 Å². The zero-order chi connectivity index (χ0) is 56.9. The molecule has 1 saturated heterocycles. The van der Waals surface area contributed by atoms with Crippen LogP contribution in [-0.2, 0) is 41.3 Å². The molecule has 9 atom stereocenters. The van der Waals surface area contributed by atoms with Crippen LogP contribution in [0.15, 0.2) is 60.7 Å². The number of likely N-dealkylation sites (N-methyl/N-ethyl adjacent to an activating group) is 1. The summed E-state index contributed by atoms with van der Waals surface area (Å²) in [7, 11) is 0.988. The number of unbranched alkanes of at least 4 members (excludes halogenated alkanes) is 10. The van der Waals surface area contributed by atoms with E-state index in [4.69, 9.17) is 36.0 Å². The van der Waals surface area contributed by atoms with Gasteiger partial charge in [0.05, 0.1) is 17.7 Å². The van der Waals surface area contributed by atoms with E-state index >= 15 is 4.79 Å². The second-order valence-corrected chi connectivity index (χ2v) is 24.4. The molecule has 3 saturated carbocycles. The number of hydrogen-bond acceptors (Lipinski definition) is 12. The Morgan fingerprint density at radius 1 is 0.785 bits per heavy atom. The van der Waals surface area contributed by atoms with Gasteiger partial charge in [0.2, 0.25) is 11.8 Å². The largest absolute Gasteiger partial charge is 0.492 e. The minimum atomic E-state index is -1.19. The molecule has 5 aliphatic rings. The molecule has 7 N–H and O–H groups in total. The number of ketones is 3. The third-order valence-corrected chi connectivity index (χ3v) is 18.1. The van der Waals surface area contributed by atoms with Gasteiger partial charge in [-0.1, -0.05) is 135 Å². The van der Waals surface area contributed by atoms with E-state index < -0.39 is 54.2 Å². The van der Waals surface area contributed by atoms with Gasteiger partial charge in [0.25, 0.3) is 0 Å². The molecule has 0 unspecified atom stereocenters. The SMILES string of the molecule is CCCCCCCCCCCCCc1ccc(C(=O)C[C@@H](CCN)C(=O)N(C)[C@@H]2C(=O)C[C@@H](C)C(=O)N[C@H](C(=O)C[C@@H](C)B3O[C@@H]4C[C@@H]5C[C@@H](C5(C)C)[C@]4(C)O3)Cc3ccc(OCCN)c(c3)-c3cc2ccc3OCCN)cc1. The van der Waals surface area contributed by atoms with Gasteiger partial charge in [0.1, 0.15) is 30.8 Å². The number of nitrogens with zero attached hydrogens (tertiary/aromatic N) is 1. The summed E-state index contributed by atoms with van der Waals surface area (Å²) < 4.78 is 25.9.